The molecule has 10 nitrogen and oxygen atoms in total. The van der Waals surface area contributed by atoms with Crippen molar-refractivity contribution >= 4 is 85.5 Å². The van der Waals surface area contributed by atoms with Crippen LogP contribution in [0.1, 0.15) is 137 Å². The van der Waals surface area contributed by atoms with E-state index in [-0.39, 0.29) is 32.5 Å². The Bertz CT molecular complexity index is 3210. The van der Waals surface area contributed by atoms with Crippen LogP contribution in [0.2, 0.25) is 116 Å². The number of Topliss-reactive ketones (excluding diaryl/α,β-unsaturated/α-hetero) is 3. The van der Waals surface area contributed by atoms with Crippen molar-refractivity contribution in [3.8, 4) is 23.0 Å². The number of hydrogen-bond donors (Lipinski definition) is 0. The molecule has 3 aromatic carbocycles. The van der Waals surface area contributed by atoms with Crippen molar-refractivity contribution in [3.63, 3.8) is 0 Å². The lowest BCUT2D eigenvalue weighted by Crippen LogP contribution is -2.56. The number of hydrogen-bond acceptors (Lipinski definition) is 10. The van der Waals surface area contributed by atoms with Gasteiger partial charge in [0.05, 0.1) is 26.9 Å². The van der Waals surface area contributed by atoms with Crippen LogP contribution in [0.25, 0.3) is 18.2 Å². The zero-order valence-corrected chi connectivity index (χ0v) is 68.0. The zero-order valence-electron chi connectivity index (χ0n) is 62.0. The van der Waals surface area contributed by atoms with Gasteiger partial charge < -0.3 is 31.3 Å². The number of ketones is 3. The highest BCUT2D eigenvalue weighted by Crippen LogP contribution is 2.68. The summed E-state index contributed by atoms with van der Waals surface area (Å²) in [5, 5.41) is 0. The van der Waals surface area contributed by atoms with Crippen LogP contribution in [0.3, 0.4) is 0 Å². The molecule has 16 heteroatoms. The maximum Gasteiger partial charge on any atom is 0.315 e. The van der Waals surface area contributed by atoms with Gasteiger partial charge in [0.15, 0.2) is 45.5 Å². The predicted molar refractivity (Wildman–Crippen MR) is 399 cm³/mol. The smallest absolute Gasteiger partial charge is 0.315 e. The fraction of sp³-hybridized carbons (Fsp3) is 0.645. The molecule has 0 heterocycles. The Morgan fingerprint density at radius 3 is 1.08 bits per heavy atom. The molecule has 6 saturated carbocycles. The third kappa shape index (κ3) is 17.3. The van der Waals surface area contributed by atoms with Gasteiger partial charge in [0, 0.05) is 32.4 Å². The summed E-state index contributed by atoms with van der Waals surface area (Å²) in [6, 6.07) is 25.8. The molecule has 0 saturated heterocycles. The molecule has 6 aliphatic rings. The van der Waals surface area contributed by atoms with Crippen molar-refractivity contribution in [2.45, 2.75) is 236 Å². The van der Waals surface area contributed by atoms with Crippen LogP contribution in [-0.4, -0.2) is 94.2 Å². The fourth-order valence-electron chi connectivity index (χ4n) is 16.2. The van der Waals surface area contributed by atoms with Crippen LogP contribution < -0.4 is 18.9 Å². The zero-order chi connectivity index (χ0) is 68.7. The van der Waals surface area contributed by atoms with Gasteiger partial charge in [-0.1, -0.05) is 144 Å². The van der Waals surface area contributed by atoms with E-state index in [0.29, 0.717) is 48.3 Å². The van der Waals surface area contributed by atoms with Crippen molar-refractivity contribution in [2.75, 3.05) is 26.9 Å². The van der Waals surface area contributed by atoms with Gasteiger partial charge in [-0.05, 0) is 245 Å². The van der Waals surface area contributed by atoms with Crippen molar-refractivity contribution in [1.29, 1.82) is 0 Å². The minimum Gasteiger partial charge on any atom is -0.494 e. The van der Waals surface area contributed by atoms with E-state index in [1.165, 1.54) is 12.1 Å². The Morgan fingerprint density at radius 1 is 0.413 bits per heavy atom. The lowest BCUT2D eigenvalue weighted by atomic mass is 9.70. The highest BCUT2D eigenvalue weighted by atomic mass is 28.5. The summed E-state index contributed by atoms with van der Waals surface area (Å²) in [6.07, 6.45) is 15.8. The van der Waals surface area contributed by atoms with E-state index >= 15 is 0 Å². The van der Waals surface area contributed by atoms with Gasteiger partial charge in [-0.2, -0.15) is 0 Å². The Morgan fingerprint density at radius 2 is 0.750 bits per heavy atom. The SMILES string of the molecule is CC12CCC(/C(=C\c3ccc(OCCC[Si](C)(C)C)cc3)C1=O)C2(C)C.CC12CCC(/C(=C\c3ccc(OCCC[Si](C)(O[Si](C)(C)C)O[Si](C)(C)O[Si](C)(C)C)cc3)C1=O)C2(C)C.COc1cc(/C=C2/C(=O)C3(C)CCC2C3(C)C)ccc1OCCC[Si](C)(C)C. The quantitative estimate of drug-likeness (QED) is 0.0461. The number of carbonyl (C=O) groups excluding carboxylic acids is 3. The molecule has 0 N–H and O–H groups in total. The van der Waals surface area contributed by atoms with Gasteiger partial charge in [0.25, 0.3) is 0 Å². The molecule has 7 atom stereocenters. The standard InChI is InChI=1S/C29H52O5Si4.C24H36O3Si.C23H34O2Si/c1-28(2)26-18-19-29(28,3)27(30)25(26)22-23-14-16-24(17-15-23)31-20-13-21-38(12,33-36(7,8)9)34-37(10,11)32-35(4,5)6;1-23(2)19-11-12-24(23,3)22(25)18(19)15-17-9-10-20(21(16-17)26-4)27-13-8-14-28(5,6)7;1-22(2)20-12-13-23(22,3)21(24)19(20)16-17-8-10-18(11-9-17)25-14-7-15-26(4,5)6/h14-17,22,26H,13,18-21H2,1-12H3;9-10,15-16,19H,8,11-14H2,1-7H3;8-11,16,20H,7,12-15H2,1-6H3/b25-22+;18-15+;19-16+. The molecule has 3 aromatic rings. The maximum absolute atomic E-state index is 13.2. The van der Waals surface area contributed by atoms with Crippen molar-refractivity contribution in [1.82, 2.24) is 0 Å². The average Bonchev–Trinajstić information content (AvgIpc) is 1.57. The van der Waals surface area contributed by atoms with E-state index in [2.05, 4.69) is 203 Å². The minimum atomic E-state index is -2.42. The molecule has 0 aromatic heterocycles. The first-order valence-electron chi connectivity index (χ1n) is 34.9. The Balaban J connectivity index is 0.000000200. The molecule has 0 radical (unpaired) electrons. The molecule has 6 fully saturated rings. The second-order valence-electron chi connectivity index (χ2n) is 35.3. The first-order valence-corrected chi connectivity index (χ1v) is 54.4. The molecule has 510 valence electrons. The lowest BCUT2D eigenvalue weighted by Gasteiger charge is -2.41. The van der Waals surface area contributed by atoms with Crippen LogP contribution in [-0.2, 0) is 26.7 Å². The van der Waals surface area contributed by atoms with E-state index in [9.17, 15) is 14.4 Å². The third-order valence-electron chi connectivity index (χ3n) is 22.3. The second kappa shape index (κ2) is 28.0. The van der Waals surface area contributed by atoms with Crippen LogP contribution >= 0.6 is 0 Å². The molecular weight excluding hydrogens is 1240 g/mol. The van der Waals surface area contributed by atoms with Gasteiger partial charge in [0.2, 0.25) is 0 Å². The normalized spacial score (nSPS) is 27.3. The molecule has 0 spiro atoms. The first-order chi connectivity index (χ1) is 42.2. The number of ether oxygens (including phenoxy) is 4. The van der Waals surface area contributed by atoms with Crippen LogP contribution in [0.15, 0.2) is 83.4 Å². The van der Waals surface area contributed by atoms with E-state index < -0.39 is 49.9 Å². The predicted octanol–water partition coefficient (Wildman–Crippen LogP) is 20.8. The first kappa shape index (κ1) is 75.6. The van der Waals surface area contributed by atoms with Gasteiger partial charge >= 0.3 is 17.1 Å². The van der Waals surface area contributed by atoms with E-state index in [0.717, 1.165) is 127 Å². The summed E-state index contributed by atoms with van der Waals surface area (Å²) >= 11 is 0. The molecule has 92 heavy (non-hydrogen) atoms. The topological polar surface area (TPSA) is 116 Å². The number of methoxy groups -OCH3 is 1. The van der Waals surface area contributed by atoms with Crippen molar-refractivity contribution in [3.05, 3.63) is 100 Å². The molecule has 0 aliphatic heterocycles. The van der Waals surface area contributed by atoms with Gasteiger partial charge in [-0.3, -0.25) is 14.4 Å². The molecule has 6 bridgehead atoms. The molecular formula is C76H122O10Si6. The van der Waals surface area contributed by atoms with E-state index in [1.54, 1.807) is 7.11 Å². The average molecular weight is 1360 g/mol. The number of benzene rings is 3. The molecule has 9 rings (SSSR count). The maximum atomic E-state index is 13.2. The summed E-state index contributed by atoms with van der Waals surface area (Å²) in [7, 11) is -8.52. The van der Waals surface area contributed by atoms with Crippen LogP contribution in [0, 0.1) is 50.2 Å². The lowest BCUT2D eigenvalue weighted by molar-refractivity contribution is -0.126. The monoisotopic (exact) mass is 1360 g/mol. The summed E-state index contributed by atoms with van der Waals surface area (Å²) in [4.78, 5) is 39.2. The number of allylic oxidation sites excluding steroid dienone is 3. The highest BCUT2D eigenvalue weighted by molar-refractivity contribution is 6.89. The number of fused-ring (bicyclic) bond motifs is 6. The third-order valence-corrected chi connectivity index (χ3v) is 39.5. The van der Waals surface area contributed by atoms with Gasteiger partial charge in [-0.25, -0.2) is 0 Å². The Labute approximate surface area is 564 Å². The van der Waals surface area contributed by atoms with Crippen LogP contribution in [0.5, 0.6) is 23.0 Å². The number of rotatable bonds is 25. The van der Waals surface area contributed by atoms with Crippen molar-refractivity contribution < 1.29 is 45.7 Å². The number of carbonyl (C=O) groups is 3. The van der Waals surface area contributed by atoms with Crippen molar-refractivity contribution in [2.24, 2.45) is 50.2 Å². The highest BCUT2D eigenvalue weighted by Gasteiger charge is 2.66. The van der Waals surface area contributed by atoms with Gasteiger partial charge in [-0.15, -0.1) is 0 Å². The summed E-state index contributed by atoms with van der Waals surface area (Å²) in [6.45, 7) is 56.3. The molecule has 0 amide bonds. The minimum absolute atomic E-state index is 0.0399. The fourth-order valence-corrected chi connectivity index (χ4v) is 36.6. The second-order valence-corrected chi connectivity index (χ2v) is 63.0. The largest absolute Gasteiger partial charge is 0.494 e. The summed E-state index contributed by atoms with van der Waals surface area (Å²) < 4.78 is 43.5. The Hall–Kier alpha value is -3.73. The summed E-state index contributed by atoms with van der Waals surface area (Å²) in [5.41, 5.74) is 5.77. The van der Waals surface area contributed by atoms with E-state index in [4.69, 9.17) is 31.3 Å². The van der Waals surface area contributed by atoms with E-state index in [1.807, 2.05) is 42.5 Å². The summed E-state index contributed by atoms with van der Waals surface area (Å²) in [5.74, 6) is 5.46. The Kier molecular flexibility index (Phi) is 23.0. The molecule has 6 aliphatic carbocycles. The molecule has 7 unspecified atom stereocenters. The van der Waals surface area contributed by atoms with Crippen LogP contribution in [0.4, 0.5) is 0 Å². The van der Waals surface area contributed by atoms with Gasteiger partial charge in [0.1, 0.15) is 11.5 Å².